The highest BCUT2D eigenvalue weighted by atomic mass is 32.2. The molecule has 0 saturated carbocycles. The lowest BCUT2D eigenvalue weighted by Crippen LogP contribution is -2.29. The number of aromatic nitrogens is 2. The molecule has 1 aromatic carbocycles. The molecule has 4 nitrogen and oxygen atoms in total. The van der Waals surface area contributed by atoms with Crippen LogP contribution in [0.25, 0.3) is 0 Å². The summed E-state index contributed by atoms with van der Waals surface area (Å²) in [6, 6.07) is 8.35. The molecule has 2 rings (SSSR count). The van der Waals surface area contributed by atoms with E-state index in [9.17, 15) is 4.79 Å². The predicted molar refractivity (Wildman–Crippen MR) is 83.0 cm³/mol. The number of rotatable bonds is 6. The molecule has 2 aromatic rings. The number of nitrogens with zero attached hydrogens (tertiary/aromatic N) is 2. The molecule has 0 aliphatic carbocycles. The minimum absolute atomic E-state index is 0.0256. The Morgan fingerprint density at radius 1 is 1.40 bits per heavy atom. The number of benzene rings is 1. The van der Waals surface area contributed by atoms with Gasteiger partial charge in [-0.1, -0.05) is 59.9 Å². The van der Waals surface area contributed by atoms with Gasteiger partial charge in [0.25, 0.3) is 0 Å². The second-order valence-electron chi connectivity index (χ2n) is 4.43. The summed E-state index contributed by atoms with van der Waals surface area (Å²) in [4.78, 5) is 12.0. The van der Waals surface area contributed by atoms with Gasteiger partial charge < -0.3 is 5.32 Å². The van der Waals surface area contributed by atoms with Gasteiger partial charge in [0.15, 0.2) is 4.34 Å². The second-order valence-corrected chi connectivity index (χ2v) is 6.49. The van der Waals surface area contributed by atoms with Crippen LogP contribution in [0.3, 0.4) is 0 Å². The first-order valence-corrected chi connectivity index (χ1v) is 8.30. The third-order valence-electron chi connectivity index (χ3n) is 2.89. The fraction of sp³-hybridized carbons (Fsp3) is 0.357. The van der Waals surface area contributed by atoms with Crippen molar-refractivity contribution in [3.63, 3.8) is 0 Å². The molecule has 0 fully saturated rings. The van der Waals surface area contributed by atoms with Gasteiger partial charge in [-0.25, -0.2) is 0 Å². The average Bonchev–Trinajstić information content (AvgIpc) is 2.97. The highest BCUT2D eigenvalue weighted by Crippen LogP contribution is 2.20. The summed E-state index contributed by atoms with van der Waals surface area (Å²) in [7, 11) is 0. The van der Waals surface area contributed by atoms with Crippen molar-refractivity contribution in [3.8, 4) is 0 Å². The molecular weight excluding hydrogens is 290 g/mol. The van der Waals surface area contributed by atoms with Crippen molar-refractivity contribution in [2.24, 2.45) is 0 Å². The Labute approximate surface area is 127 Å². The number of carbonyl (C=O) groups excluding carboxylic acids is 1. The minimum atomic E-state index is 0.0256. The van der Waals surface area contributed by atoms with Gasteiger partial charge in [0.2, 0.25) is 5.91 Å². The van der Waals surface area contributed by atoms with E-state index in [0.717, 1.165) is 16.3 Å². The monoisotopic (exact) mass is 307 g/mol. The molecule has 0 bridgehead atoms. The molecule has 1 heterocycles. The van der Waals surface area contributed by atoms with Crippen molar-refractivity contribution in [1.82, 2.24) is 15.5 Å². The van der Waals surface area contributed by atoms with E-state index in [1.807, 2.05) is 0 Å². The lowest BCUT2D eigenvalue weighted by Gasteiger charge is -2.17. The van der Waals surface area contributed by atoms with Gasteiger partial charge in [0.1, 0.15) is 5.51 Å². The number of thioether (sulfide) groups is 1. The molecule has 0 saturated heterocycles. The highest BCUT2D eigenvalue weighted by Gasteiger charge is 2.13. The second kappa shape index (κ2) is 7.40. The van der Waals surface area contributed by atoms with E-state index in [4.69, 9.17) is 0 Å². The summed E-state index contributed by atoms with van der Waals surface area (Å²) >= 11 is 2.87. The van der Waals surface area contributed by atoms with Crippen LogP contribution in [-0.2, 0) is 4.79 Å². The van der Waals surface area contributed by atoms with Crippen LogP contribution in [0, 0.1) is 6.92 Å². The van der Waals surface area contributed by atoms with Gasteiger partial charge in [0, 0.05) is 0 Å². The van der Waals surface area contributed by atoms with Crippen LogP contribution >= 0.6 is 23.1 Å². The Kier molecular flexibility index (Phi) is 5.55. The Balaban J connectivity index is 1.89. The average molecular weight is 307 g/mol. The first-order valence-electron chi connectivity index (χ1n) is 6.44. The molecular formula is C14H17N3OS2. The summed E-state index contributed by atoms with van der Waals surface area (Å²) in [6.45, 7) is 4.13. The van der Waals surface area contributed by atoms with Gasteiger partial charge in [0.05, 0.1) is 11.8 Å². The Morgan fingerprint density at radius 3 is 2.75 bits per heavy atom. The summed E-state index contributed by atoms with van der Waals surface area (Å²) in [6.07, 6.45) is 0.873. The zero-order valence-electron chi connectivity index (χ0n) is 11.5. The standard InChI is InChI=1S/C14H17N3OS2/c1-3-12(11-6-4-10(2)5-7-11)16-13(18)8-19-14-17-15-9-20-14/h4-7,9,12H,3,8H2,1-2H3,(H,16,18)/t12-/m1/s1. The molecule has 1 atom stereocenters. The van der Waals surface area contributed by atoms with Crippen LogP contribution < -0.4 is 5.32 Å². The summed E-state index contributed by atoms with van der Waals surface area (Å²) in [5, 5.41) is 10.7. The van der Waals surface area contributed by atoms with Gasteiger partial charge in [-0.3, -0.25) is 4.79 Å². The third kappa shape index (κ3) is 4.31. The summed E-state index contributed by atoms with van der Waals surface area (Å²) in [5.41, 5.74) is 4.04. The van der Waals surface area contributed by atoms with Crippen molar-refractivity contribution in [1.29, 1.82) is 0 Å². The smallest absolute Gasteiger partial charge is 0.230 e. The number of carbonyl (C=O) groups is 1. The molecule has 1 aromatic heterocycles. The topological polar surface area (TPSA) is 54.9 Å². The van der Waals surface area contributed by atoms with E-state index in [1.54, 1.807) is 5.51 Å². The number of hydrogen-bond donors (Lipinski definition) is 1. The maximum Gasteiger partial charge on any atom is 0.230 e. The van der Waals surface area contributed by atoms with Crippen molar-refractivity contribution in [3.05, 3.63) is 40.9 Å². The van der Waals surface area contributed by atoms with Gasteiger partial charge >= 0.3 is 0 Å². The lowest BCUT2D eigenvalue weighted by molar-refractivity contribution is -0.119. The minimum Gasteiger partial charge on any atom is -0.349 e. The number of hydrogen-bond acceptors (Lipinski definition) is 5. The van der Waals surface area contributed by atoms with E-state index >= 15 is 0 Å². The normalized spacial score (nSPS) is 12.1. The molecule has 0 aliphatic rings. The van der Waals surface area contributed by atoms with Crippen LogP contribution in [0.1, 0.15) is 30.5 Å². The maximum absolute atomic E-state index is 12.0. The number of aryl methyl sites for hydroxylation is 1. The van der Waals surface area contributed by atoms with E-state index in [1.165, 1.54) is 28.7 Å². The van der Waals surface area contributed by atoms with E-state index in [-0.39, 0.29) is 11.9 Å². The van der Waals surface area contributed by atoms with Crippen LogP contribution in [0.4, 0.5) is 0 Å². The predicted octanol–water partition coefficient (Wildman–Crippen LogP) is 3.21. The van der Waals surface area contributed by atoms with Crippen molar-refractivity contribution in [2.45, 2.75) is 30.6 Å². The number of amides is 1. The Hall–Kier alpha value is -1.40. The van der Waals surface area contributed by atoms with E-state index in [2.05, 4.69) is 53.6 Å². The highest BCUT2D eigenvalue weighted by molar-refractivity contribution is 8.01. The largest absolute Gasteiger partial charge is 0.349 e. The number of nitrogens with one attached hydrogen (secondary N) is 1. The molecule has 1 N–H and O–H groups in total. The van der Waals surface area contributed by atoms with E-state index < -0.39 is 0 Å². The van der Waals surface area contributed by atoms with Crippen molar-refractivity contribution < 1.29 is 4.79 Å². The zero-order valence-corrected chi connectivity index (χ0v) is 13.1. The van der Waals surface area contributed by atoms with Crippen molar-refractivity contribution in [2.75, 3.05) is 5.75 Å². The van der Waals surface area contributed by atoms with Gasteiger partial charge in [-0.05, 0) is 18.9 Å². The fourth-order valence-corrected chi connectivity index (χ4v) is 3.11. The molecule has 1 amide bonds. The third-order valence-corrected chi connectivity index (χ3v) is 4.75. The molecule has 20 heavy (non-hydrogen) atoms. The van der Waals surface area contributed by atoms with Gasteiger partial charge in [-0.2, -0.15) is 0 Å². The molecule has 0 aliphatic heterocycles. The van der Waals surface area contributed by atoms with Crippen LogP contribution in [0.5, 0.6) is 0 Å². The maximum atomic E-state index is 12.0. The van der Waals surface area contributed by atoms with Gasteiger partial charge in [-0.15, -0.1) is 10.2 Å². The summed E-state index contributed by atoms with van der Waals surface area (Å²) in [5.74, 6) is 0.398. The lowest BCUT2D eigenvalue weighted by atomic mass is 10.0. The SMILES string of the molecule is CC[C@@H](NC(=O)CSc1nncs1)c1ccc(C)cc1. The van der Waals surface area contributed by atoms with Crippen LogP contribution in [0.2, 0.25) is 0 Å². The van der Waals surface area contributed by atoms with Crippen molar-refractivity contribution >= 4 is 29.0 Å². The first kappa shape index (κ1) is 15.0. The molecule has 0 spiro atoms. The first-order chi connectivity index (χ1) is 9.69. The van der Waals surface area contributed by atoms with Crippen LogP contribution in [0.15, 0.2) is 34.1 Å². The molecule has 0 unspecified atom stereocenters. The quantitative estimate of drug-likeness (QED) is 0.833. The molecule has 6 heteroatoms. The zero-order chi connectivity index (χ0) is 14.4. The van der Waals surface area contributed by atoms with E-state index in [0.29, 0.717) is 5.75 Å². The molecule has 0 radical (unpaired) electrons. The van der Waals surface area contributed by atoms with Crippen LogP contribution in [-0.4, -0.2) is 21.9 Å². The summed E-state index contributed by atoms with van der Waals surface area (Å²) < 4.78 is 0.823. The fourth-order valence-electron chi connectivity index (χ4n) is 1.81. The Morgan fingerprint density at radius 2 is 2.15 bits per heavy atom. The molecule has 106 valence electrons. The Bertz CT molecular complexity index is 540.